The maximum absolute atomic E-state index is 12.2. The average molecular weight is 399 g/mol. The zero-order valence-electron chi connectivity index (χ0n) is 15.0. The zero-order valence-corrected chi connectivity index (χ0v) is 15.9. The highest BCUT2D eigenvalue weighted by molar-refractivity contribution is 7.86. The minimum atomic E-state index is -4.05. The predicted octanol–water partition coefficient (Wildman–Crippen LogP) is 1.62. The van der Waals surface area contributed by atoms with Crippen LogP contribution in [-0.2, 0) is 28.5 Å². The number of fused-ring (bicyclic) bond motifs is 1. The van der Waals surface area contributed by atoms with Crippen LogP contribution in [0, 0.1) is 6.92 Å². The Bertz CT molecular complexity index is 836. The van der Waals surface area contributed by atoms with Gasteiger partial charge < -0.3 is 19.3 Å². The molecule has 2 aliphatic heterocycles. The number of aliphatic hydroxyl groups is 1. The first-order valence-electron chi connectivity index (χ1n) is 8.32. The van der Waals surface area contributed by atoms with Crippen molar-refractivity contribution in [1.82, 2.24) is 0 Å². The molecule has 0 unspecified atom stereocenters. The Labute approximate surface area is 156 Å². The summed E-state index contributed by atoms with van der Waals surface area (Å²) in [5, 5.41) is 14.0. The number of nitrogens with zero attached hydrogens (tertiary/aromatic N) is 3. The van der Waals surface area contributed by atoms with Gasteiger partial charge in [-0.05, 0) is 38.4 Å². The fourth-order valence-electron chi connectivity index (χ4n) is 3.05. The topological polar surface area (TPSA) is 140 Å². The second-order valence-corrected chi connectivity index (χ2v) is 8.50. The SMILES string of the molecule is Cc1ccc(S(=O)(=O)OC[C@@H](O)[C@@H]2O[C@@H]3OC(C)(C)O[C@@H]3[C@@H]2N=[N+]=[N-])cc1. The molecule has 0 spiro atoms. The molecule has 1 N–H and O–H groups in total. The third-order valence-electron chi connectivity index (χ3n) is 4.32. The van der Waals surface area contributed by atoms with Crippen molar-refractivity contribution in [2.75, 3.05) is 6.61 Å². The zero-order chi connectivity index (χ0) is 19.8. The first-order chi connectivity index (χ1) is 12.6. The van der Waals surface area contributed by atoms with E-state index < -0.39 is 53.2 Å². The molecule has 2 fully saturated rings. The normalized spacial score (nSPS) is 30.5. The molecule has 0 radical (unpaired) electrons. The predicted molar refractivity (Wildman–Crippen MR) is 92.0 cm³/mol. The van der Waals surface area contributed by atoms with Crippen molar-refractivity contribution in [2.24, 2.45) is 5.11 Å². The highest BCUT2D eigenvalue weighted by Crippen LogP contribution is 2.39. The summed E-state index contributed by atoms with van der Waals surface area (Å²) in [7, 11) is -4.05. The number of aryl methyl sites for hydroxylation is 1. The van der Waals surface area contributed by atoms with Crippen molar-refractivity contribution in [3.05, 3.63) is 40.3 Å². The molecular formula is C16H21N3O7S. The molecule has 11 heteroatoms. The van der Waals surface area contributed by atoms with Crippen molar-refractivity contribution in [1.29, 1.82) is 0 Å². The van der Waals surface area contributed by atoms with E-state index in [-0.39, 0.29) is 4.90 Å². The standard InChI is InChI=1S/C16H21N3O7S/c1-9-4-6-10(7-5-9)27(21,22)23-8-11(20)13-12(18-19-17)14-15(24-13)26-16(2,3)25-14/h4-7,11-15,20H,8H2,1-3H3/t11-,12-,13+,14-,15-/m1/s1. The van der Waals surface area contributed by atoms with Gasteiger partial charge in [0.1, 0.15) is 18.3 Å². The van der Waals surface area contributed by atoms with Crippen molar-refractivity contribution < 1.29 is 31.9 Å². The lowest BCUT2D eigenvalue weighted by atomic mass is 10.0. The molecule has 0 bridgehead atoms. The van der Waals surface area contributed by atoms with Crippen molar-refractivity contribution in [2.45, 2.75) is 62.1 Å². The van der Waals surface area contributed by atoms with Crippen LogP contribution in [0.5, 0.6) is 0 Å². The number of rotatable bonds is 6. The van der Waals surface area contributed by atoms with Crippen LogP contribution in [0.2, 0.25) is 0 Å². The second-order valence-electron chi connectivity index (χ2n) is 6.88. The van der Waals surface area contributed by atoms with E-state index in [1.807, 2.05) is 6.92 Å². The van der Waals surface area contributed by atoms with Crippen LogP contribution in [0.3, 0.4) is 0 Å². The van der Waals surface area contributed by atoms with Crippen LogP contribution in [0.15, 0.2) is 34.3 Å². The molecule has 1 aromatic carbocycles. The Balaban J connectivity index is 1.68. The first kappa shape index (κ1) is 20.0. The van der Waals surface area contributed by atoms with Crippen molar-refractivity contribution in [3.63, 3.8) is 0 Å². The number of azide groups is 1. The lowest BCUT2D eigenvalue weighted by molar-refractivity contribution is -0.216. The van der Waals surface area contributed by atoms with Gasteiger partial charge >= 0.3 is 0 Å². The Morgan fingerprint density at radius 1 is 1.33 bits per heavy atom. The third-order valence-corrected chi connectivity index (χ3v) is 5.62. The molecule has 5 atom stereocenters. The number of benzene rings is 1. The van der Waals surface area contributed by atoms with Gasteiger partial charge in [-0.15, -0.1) is 0 Å². The molecular weight excluding hydrogens is 378 g/mol. The van der Waals surface area contributed by atoms with Crippen molar-refractivity contribution in [3.8, 4) is 0 Å². The van der Waals surface area contributed by atoms with E-state index in [1.165, 1.54) is 12.1 Å². The Morgan fingerprint density at radius 2 is 2.00 bits per heavy atom. The van der Waals surface area contributed by atoms with Crippen LogP contribution in [0.1, 0.15) is 19.4 Å². The van der Waals surface area contributed by atoms with Crippen molar-refractivity contribution >= 4 is 10.1 Å². The Kier molecular flexibility index (Phi) is 5.46. The quantitative estimate of drug-likeness (QED) is 0.332. The number of hydrogen-bond acceptors (Lipinski definition) is 8. The molecule has 2 saturated heterocycles. The van der Waals surface area contributed by atoms with Crippen LogP contribution in [0.25, 0.3) is 10.4 Å². The van der Waals surface area contributed by atoms with Gasteiger partial charge in [0.2, 0.25) is 0 Å². The van der Waals surface area contributed by atoms with Gasteiger partial charge in [0.25, 0.3) is 10.1 Å². The maximum Gasteiger partial charge on any atom is 0.297 e. The molecule has 2 heterocycles. The molecule has 0 aromatic heterocycles. The number of aliphatic hydroxyl groups excluding tert-OH is 1. The molecule has 27 heavy (non-hydrogen) atoms. The van der Waals surface area contributed by atoms with E-state index in [0.29, 0.717) is 0 Å². The summed E-state index contributed by atoms with van der Waals surface area (Å²) < 4.78 is 46.3. The minimum Gasteiger partial charge on any atom is -0.388 e. The summed E-state index contributed by atoms with van der Waals surface area (Å²) in [4.78, 5) is 2.74. The van der Waals surface area contributed by atoms with Gasteiger partial charge in [0, 0.05) is 4.91 Å². The minimum absolute atomic E-state index is 0.0236. The number of hydrogen-bond donors (Lipinski definition) is 1. The van der Waals surface area contributed by atoms with Crippen LogP contribution >= 0.6 is 0 Å². The van der Waals surface area contributed by atoms with E-state index in [0.717, 1.165) is 5.56 Å². The largest absolute Gasteiger partial charge is 0.388 e. The van der Waals surface area contributed by atoms with E-state index >= 15 is 0 Å². The lowest BCUT2D eigenvalue weighted by Crippen LogP contribution is -2.42. The summed E-state index contributed by atoms with van der Waals surface area (Å²) in [5.74, 6) is -0.917. The monoisotopic (exact) mass is 399 g/mol. The summed E-state index contributed by atoms with van der Waals surface area (Å²) in [6, 6.07) is 5.23. The highest BCUT2D eigenvalue weighted by Gasteiger charge is 2.56. The van der Waals surface area contributed by atoms with E-state index in [4.69, 9.17) is 23.9 Å². The van der Waals surface area contributed by atoms with Gasteiger partial charge in [-0.1, -0.05) is 22.8 Å². The molecule has 0 amide bonds. The lowest BCUT2D eigenvalue weighted by Gasteiger charge is -2.26. The molecule has 3 rings (SSSR count). The van der Waals surface area contributed by atoms with E-state index in [1.54, 1.807) is 26.0 Å². The fourth-order valence-corrected chi connectivity index (χ4v) is 3.98. The first-order valence-corrected chi connectivity index (χ1v) is 9.73. The smallest absolute Gasteiger partial charge is 0.297 e. The van der Waals surface area contributed by atoms with Gasteiger partial charge in [-0.3, -0.25) is 4.18 Å². The molecule has 2 aliphatic rings. The van der Waals surface area contributed by atoms with Gasteiger partial charge in [-0.25, -0.2) is 0 Å². The molecule has 10 nitrogen and oxygen atoms in total. The molecule has 0 saturated carbocycles. The summed E-state index contributed by atoms with van der Waals surface area (Å²) >= 11 is 0. The molecule has 148 valence electrons. The fraction of sp³-hybridized carbons (Fsp3) is 0.625. The molecule has 0 aliphatic carbocycles. The van der Waals surface area contributed by atoms with Crippen LogP contribution < -0.4 is 0 Å². The second kappa shape index (κ2) is 7.36. The van der Waals surface area contributed by atoms with Gasteiger partial charge in [0.15, 0.2) is 12.1 Å². The van der Waals surface area contributed by atoms with Gasteiger partial charge in [-0.2, -0.15) is 8.42 Å². The average Bonchev–Trinajstić information content (AvgIpc) is 3.06. The Hall–Kier alpha value is -1.72. The third kappa shape index (κ3) is 4.25. The summed E-state index contributed by atoms with van der Waals surface area (Å²) in [5.41, 5.74) is 9.71. The molecule has 1 aromatic rings. The highest BCUT2D eigenvalue weighted by atomic mass is 32.2. The summed E-state index contributed by atoms with van der Waals surface area (Å²) in [6.45, 7) is 4.63. The maximum atomic E-state index is 12.2. The van der Waals surface area contributed by atoms with E-state index in [2.05, 4.69) is 10.0 Å². The number of ether oxygens (including phenoxy) is 3. The van der Waals surface area contributed by atoms with E-state index in [9.17, 15) is 13.5 Å². The van der Waals surface area contributed by atoms with Gasteiger partial charge in [0.05, 0.1) is 17.5 Å². The Morgan fingerprint density at radius 3 is 2.63 bits per heavy atom. The van der Waals surface area contributed by atoms with Crippen LogP contribution in [0.4, 0.5) is 0 Å². The summed E-state index contributed by atoms with van der Waals surface area (Å²) in [6.07, 6.45) is -3.94. The van der Waals surface area contributed by atoms with Crippen LogP contribution in [-0.4, -0.2) is 56.6 Å².